The number of ketones is 1. The van der Waals surface area contributed by atoms with E-state index in [1.165, 1.54) is 6.20 Å². The van der Waals surface area contributed by atoms with Crippen LogP contribution in [0, 0.1) is 0 Å². The van der Waals surface area contributed by atoms with Crippen LogP contribution in [0.2, 0.25) is 0 Å². The first kappa shape index (κ1) is 18.0. The van der Waals surface area contributed by atoms with Crippen molar-refractivity contribution in [3.05, 3.63) is 72.2 Å². The van der Waals surface area contributed by atoms with E-state index in [1.807, 2.05) is 6.07 Å². The Morgan fingerprint density at radius 3 is 2.48 bits per heavy atom. The number of amides is 2. The molecule has 0 saturated heterocycles. The Morgan fingerprint density at radius 2 is 1.81 bits per heavy atom. The van der Waals surface area contributed by atoms with Gasteiger partial charge in [-0.15, -0.1) is 0 Å². The topological polar surface area (TPSA) is 128 Å². The van der Waals surface area contributed by atoms with Crippen LogP contribution < -0.4 is 11.1 Å². The molecule has 0 fully saturated rings. The lowest BCUT2D eigenvalue weighted by atomic mass is 10.0. The number of Topliss-reactive ketones (excluding diaryl/α,β-unsaturated/α-hetero) is 1. The number of hydrogen-bond acceptors (Lipinski definition) is 6. The largest absolute Gasteiger partial charge is 0.363 e. The third-order valence-electron chi connectivity index (χ3n) is 3.86. The van der Waals surface area contributed by atoms with Gasteiger partial charge in [0.2, 0.25) is 11.5 Å². The van der Waals surface area contributed by atoms with E-state index < -0.39 is 23.6 Å². The van der Waals surface area contributed by atoms with Gasteiger partial charge in [0.15, 0.2) is 0 Å². The molecule has 1 atom stereocenters. The van der Waals surface area contributed by atoms with Crippen LogP contribution in [0.5, 0.6) is 0 Å². The number of carbonyl (C=O) groups excluding carboxylic acids is 3. The standard InChI is InChI=1S/C19H16N4O4/c20-18(25)16(24)15(10-12-6-2-1-3-7-12)23-19(26)17-13(11-22-27-17)14-8-4-5-9-21-14/h1-9,11,15H,10H2,(H2,20,25)(H,23,26). The highest BCUT2D eigenvalue weighted by Gasteiger charge is 2.28. The molecule has 27 heavy (non-hydrogen) atoms. The van der Waals surface area contributed by atoms with Gasteiger partial charge in [0.1, 0.15) is 6.04 Å². The Labute approximate surface area is 154 Å². The van der Waals surface area contributed by atoms with Crippen molar-refractivity contribution in [1.82, 2.24) is 15.5 Å². The second-order valence-corrected chi connectivity index (χ2v) is 5.73. The molecule has 0 spiro atoms. The molecule has 2 heterocycles. The van der Waals surface area contributed by atoms with E-state index in [0.717, 1.165) is 5.56 Å². The SMILES string of the molecule is NC(=O)C(=O)C(Cc1ccccc1)NC(=O)c1oncc1-c1ccccn1. The third-order valence-corrected chi connectivity index (χ3v) is 3.86. The van der Waals surface area contributed by atoms with Crippen LogP contribution in [0.4, 0.5) is 0 Å². The fourth-order valence-corrected chi connectivity index (χ4v) is 2.56. The maximum Gasteiger partial charge on any atom is 0.291 e. The zero-order valence-corrected chi connectivity index (χ0v) is 14.2. The van der Waals surface area contributed by atoms with Crippen molar-refractivity contribution in [3.63, 3.8) is 0 Å². The van der Waals surface area contributed by atoms with Crippen molar-refractivity contribution in [1.29, 1.82) is 0 Å². The summed E-state index contributed by atoms with van der Waals surface area (Å²) < 4.78 is 5.04. The molecule has 3 rings (SSSR count). The molecule has 8 nitrogen and oxygen atoms in total. The lowest BCUT2D eigenvalue weighted by molar-refractivity contribution is -0.137. The van der Waals surface area contributed by atoms with Gasteiger partial charge in [0.25, 0.3) is 11.8 Å². The number of nitrogens with one attached hydrogen (secondary N) is 1. The summed E-state index contributed by atoms with van der Waals surface area (Å²) in [6.07, 6.45) is 3.04. The Kier molecular flexibility index (Phi) is 5.36. The van der Waals surface area contributed by atoms with Crippen LogP contribution in [0.25, 0.3) is 11.3 Å². The third kappa shape index (κ3) is 4.24. The normalized spacial score (nSPS) is 11.6. The van der Waals surface area contributed by atoms with E-state index in [4.69, 9.17) is 10.3 Å². The summed E-state index contributed by atoms with van der Waals surface area (Å²) in [7, 11) is 0. The Hall–Kier alpha value is -3.81. The van der Waals surface area contributed by atoms with Crippen molar-refractivity contribution >= 4 is 17.6 Å². The van der Waals surface area contributed by atoms with Crippen LogP contribution in [0.15, 0.2) is 65.4 Å². The fraction of sp³-hybridized carbons (Fsp3) is 0.105. The average Bonchev–Trinajstić information content (AvgIpc) is 3.18. The summed E-state index contributed by atoms with van der Waals surface area (Å²) >= 11 is 0. The second-order valence-electron chi connectivity index (χ2n) is 5.73. The second kappa shape index (κ2) is 8.05. The summed E-state index contributed by atoms with van der Waals surface area (Å²) in [5.41, 5.74) is 6.75. The van der Waals surface area contributed by atoms with Gasteiger partial charge >= 0.3 is 0 Å². The number of rotatable bonds is 7. The summed E-state index contributed by atoms with van der Waals surface area (Å²) in [4.78, 5) is 40.3. The van der Waals surface area contributed by atoms with Crippen LogP contribution in [-0.4, -0.2) is 33.8 Å². The highest BCUT2D eigenvalue weighted by Crippen LogP contribution is 2.21. The molecule has 0 bridgehead atoms. The minimum atomic E-state index is -1.13. The summed E-state index contributed by atoms with van der Waals surface area (Å²) in [6.45, 7) is 0. The Bertz CT molecular complexity index is 954. The van der Waals surface area contributed by atoms with Gasteiger partial charge in [0, 0.05) is 12.6 Å². The number of carbonyl (C=O) groups is 3. The van der Waals surface area contributed by atoms with Crippen molar-refractivity contribution in [2.45, 2.75) is 12.5 Å². The monoisotopic (exact) mass is 364 g/mol. The van der Waals surface area contributed by atoms with E-state index >= 15 is 0 Å². The zero-order chi connectivity index (χ0) is 19.2. The molecule has 8 heteroatoms. The average molecular weight is 364 g/mol. The highest BCUT2D eigenvalue weighted by atomic mass is 16.5. The maximum absolute atomic E-state index is 12.7. The molecular weight excluding hydrogens is 348 g/mol. The first-order valence-electron chi connectivity index (χ1n) is 8.10. The Balaban J connectivity index is 1.84. The Morgan fingerprint density at radius 1 is 1.07 bits per heavy atom. The molecule has 3 aromatic rings. The molecule has 0 aliphatic rings. The summed E-state index contributed by atoms with van der Waals surface area (Å²) in [6, 6.07) is 13.0. The van der Waals surface area contributed by atoms with Crippen LogP contribution in [0.1, 0.15) is 16.1 Å². The molecule has 2 aromatic heterocycles. The fourth-order valence-electron chi connectivity index (χ4n) is 2.56. The molecule has 0 aliphatic carbocycles. The quantitative estimate of drug-likeness (QED) is 0.605. The highest BCUT2D eigenvalue weighted by molar-refractivity contribution is 6.38. The van der Waals surface area contributed by atoms with Crippen LogP contribution in [-0.2, 0) is 16.0 Å². The first-order chi connectivity index (χ1) is 13.1. The molecule has 0 saturated carbocycles. The smallest absolute Gasteiger partial charge is 0.291 e. The number of hydrogen-bond donors (Lipinski definition) is 2. The van der Waals surface area contributed by atoms with E-state index in [1.54, 1.807) is 48.7 Å². The minimum Gasteiger partial charge on any atom is -0.363 e. The molecule has 0 radical (unpaired) electrons. The lowest BCUT2D eigenvalue weighted by Gasteiger charge is -2.15. The lowest BCUT2D eigenvalue weighted by Crippen LogP contribution is -2.47. The van der Waals surface area contributed by atoms with E-state index in [-0.39, 0.29) is 12.2 Å². The number of primary amides is 1. The van der Waals surface area contributed by atoms with Gasteiger partial charge in [-0.3, -0.25) is 19.4 Å². The van der Waals surface area contributed by atoms with Gasteiger partial charge in [0.05, 0.1) is 17.5 Å². The molecule has 136 valence electrons. The molecule has 3 N–H and O–H groups in total. The number of aromatic nitrogens is 2. The number of benzene rings is 1. The number of nitrogens with two attached hydrogens (primary N) is 1. The number of nitrogens with zero attached hydrogens (tertiary/aromatic N) is 2. The maximum atomic E-state index is 12.7. The van der Waals surface area contributed by atoms with Crippen LogP contribution in [0.3, 0.4) is 0 Å². The van der Waals surface area contributed by atoms with Gasteiger partial charge in [-0.05, 0) is 17.7 Å². The van der Waals surface area contributed by atoms with Crippen LogP contribution >= 0.6 is 0 Å². The predicted octanol–water partition coefficient (Wildman–Crippen LogP) is 1.13. The van der Waals surface area contributed by atoms with Gasteiger partial charge in [-0.2, -0.15) is 0 Å². The van der Waals surface area contributed by atoms with E-state index in [9.17, 15) is 14.4 Å². The number of pyridine rings is 1. The molecule has 2 amide bonds. The summed E-state index contributed by atoms with van der Waals surface area (Å²) in [5.74, 6) is -2.82. The van der Waals surface area contributed by atoms with Crippen molar-refractivity contribution in [2.24, 2.45) is 5.73 Å². The molecule has 1 aromatic carbocycles. The molecule has 0 aliphatic heterocycles. The van der Waals surface area contributed by atoms with E-state index in [0.29, 0.717) is 11.3 Å². The molecule has 1 unspecified atom stereocenters. The van der Waals surface area contributed by atoms with Crippen molar-refractivity contribution < 1.29 is 18.9 Å². The van der Waals surface area contributed by atoms with E-state index in [2.05, 4.69) is 15.5 Å². The van der Waals surface area contributed by atoms with Crippen molar-refractivity contribution in [2.75, 3.05) is 0 Å². The zero-order valence-electron chi connectivity index (χ0n) is 14.2. The first-order valence-corrected chi connectivity index (χ1v) is 8.10. The van der Waals surface area contributed by atoms with Gasteiger partial charge in [-0.25, -0.2) is 0 Å². The van der Waals surface area contributed by atoms with Crippen molar-refractivity contribution in [3.8, 4) is 11.3 Å². The van der Waals surface area contributed by atoms with Gasteiger partial charge < -0.3 is 15.6 Å². The van der Waals surface area contributed by atoms with Gasteiger partial charge in [-0.1, -0.05) is 41.6 Å². The molecular formula is C19H16N4O4. The summed E-state index contributed by atoms with van der Waals surface area (Å²) in [5, 5.41) is 6.15. The predicted molar refractivity (Wildman–Crippen MR) is 95.3 cm³/mol. The minimum absolute atomic E-state index is 0.107.